The molecule has 0 amide bonds. The summed E-state index contributed by atoms with van der Waals surface area (Å²) in [6, 6.07) is 59.8. The van der Waals surface area contributed by atoms with Gasteiger partial charge in [0.15, 0.2) is 0 Å². The van der Waals surface area contributed by atoms with Crippen molar-refractivity contribution in [3.8, 4) is 22.3 Å². The Kier molecular flexibility index (Phi) is 8.94. The van der Waals surface area contributed by atoms with Crippen molar-refractivity contribution < 1.29 is 13.7 Å². The Balaban J connectivity index is 0.994. The van der Waals surface area contributed by atoms with E-state index in [1.807, 2.05) is 46.2 Å². The molecule has 0 saturated heterocycles. The van der Waals surface area contributed by atoms with Crippen LogP contribution in [0.1, 0.15) is 101 Å². The lowest BCUT2D eigenvalue weighted by Gasteiger charge is -2.28. The van der Waals surface area contributed by atoms with Crippen LogP contribution < -0.4 is 9.80 Å². The largest absolute Gasteiger partial charge is 0.310 e. The van der Waals surface area contributed by atoms with Gasteiger partial charge in [-0.25, -0.2) is 0 Å². The van der Waals surface area contributed by atoms with E-state index in [0.717, 1.165) is 124 Å². The van der Waals surface area contributed by atoms with Crippen molar-refractivity contribution in [2.24, 2.45) is 0 Å². The van der Waals surface area contributed by atoms with E-state index in [4.69, 9.17) is 8.22 Å². The number of nitrogens with zero attached hydrogens (tertiary/aromatic N) is 4. The first-order valence-electron chi connectivity index (χ1n) is 34.3. The van der Waals surface area contributed by atoms with Crippen molar-refractivity contribution in [3.05, 3.63) is 254 Å². The van der Waals surface area contributed by atoms with E-state index in [9.17, 15) is 5.48 Å². The van der Waals surface area contributed by atoms with E-state index >= 15 is 0 Å². The van der Waals surface area contributed by atoms with Crippen molar-refractivity contribution in [3.63, 3.8) is 0 Å². The van der Waals surface area contributed by atoms with Gasteiger partial charge in [0.1, 0.15) is 0 Å². The highest BCUT2D eigenvalue weighted by Gasteiger charge is 2.33. The fraction of sp³-hybridized carbons (Fsp3) is 0.154. The zero-order valence-electron chi connectivity index (χ0n) is 55.3. The van der Waals surface area contributed by atoms with Crippen LogP contribution in [0.2, 0.25) is 0 Å². The average molecular weight is 1070 g/mol. The van der Waals surface area contributed by atoms with Gasteiger partial charge in [0, 0.05) is 77.0 Å². The van der Waals surface area contributed by atoms with Crippen LogP contribution in [0.5, 0.6) is 0 Å². The molecule has 0 aliphatic heterocycles. The zero-order chi connectivity index (χ0) is 62.5. The van der Waals surface area contributed by atoms with Crippen LogP contribution in [0.15, 0.2) is 242 Å². The molecule has 15 aromatic rings. The Morgan fingerprint density at radius 1 is 0.317 bits per heavy atom. The van der Waals surface area contributed by atoms with Gasteiger partial charge in [-0.3, -0.25) is 0 Å². The second-order valence-electron chi connectivity index (χ2n) is 22.8. The van der Waals surface area contributed by atoms with E-state index in [2.05, 4.69) is 154 Å². The summed E-state index contributed by atoms with van der Waals surface area (Å²) in [6.45, 7) is 0. The monoisotopic (exact) mass is 1060 g/mol. The third kappa shape index (κ3) is 7.16. The van der Waals surface area contributed by atoms with Gasteiger partial charge >= 0.3 is 0 Å². The SMILES string of the molecule is [2H]c1c([2H])c([2H])c(N(c2ccc(C3CCCCC3)cc2)c2cccc3c2c2cccc4c5c(-c6ccccc6)c6c(c(-c7ccccc7)c5n3c24)c2cccc3c4c(N(c5ccc(C7CCCCC7)cc5)c5c([2H])c([2H])c([2H])c([2H])c5[2H])cccc4n6c32)c([2H])c1[2H]. The molecule has 11 aromatic carbocycles. The number of fused-ring (bicyclic) bond motifs is 12. The normalized spacial score (nSPS) is 16.4. The fourth-order valence-corrected chi connectivity index (χ4v) is 15.1. The van der Waals surface area contributed by atoms with Crippen LogP contribution in [-0.2, 0) is 0 Å². The second-order valence-corrected chi connectivity index (χ2v) is 22.8. The molecule has 0 radical (unpaired) electrons. The number of aromatic nitrogens is 2. The molecule has 4 heterocycles. The predicted octanol–water partition coefficient (Wildman–Crippen LogP) is 22.4. The van der Waals surface area contributed by atoms with Gasteiger partial charge in [-0.1, -0.05) is 208 Å². The third-order valence-electron chi connectivity index (χ3n) is 18.5. The van der Waals surface area contributed by atoms with Crippen LogP contribution in [0.25, 0.3) is 98.4 Å². The van der Waals surface area contributed by atoms with Gasteiger partial charge in [-0.2, -0.15) is 0 Å². The molecule has 0 N–H and O–H groups in total. The molecule has 0 spiro atoms. The zero-order valence-corrected chi connectivity index (χ0v) is 45.3. The number of benzene rings is 11. The quantitative estimate of drug-likeness (QED) is 0.136. The number of para-hydroxylation sites is 4. The summed E-state index contributed by atoms with van der Waals surface area (Å²) in [5.41, 5.74) is 15.2. The Bertz CT molecular complexity index is 5080. The van der Waals surface area contributed by atoms with Gasteiger partial charge < -0.3 is 18.6 Å². The number of hydrogen-bond acceptors (Lipinski definition) is 2. The van der Waals surface area contributed by atoms with Crippen molar-refractivity contribution >= 4 is 110 Å². The predicted molar refractivity (Wildman–Crippen MR) is 348 cm³/mol. The molecule has 394 valence electrons. The molecular weight excluding hydrogens is 993 g/mol. The number of rotatable bonds is 10. The minimum atomic E-state index is -0.446. The van der Waals surface area contributed by atoms with E-state index in [1.165, 1.54) is 49.7 Å². The van der Waals surface area contributed by atoms with E-state index in [1.54, 1.807) is 0 Å². The van der Waals surface area contributed by atoms with Crippen molar-refractivity contribution in [2.75, 3.05) is 9.80 Å². The Morgan fingerprint density at radius 3 is 1.07 bits per heavy atom. The lowest BCUT2D eigenvalue weighted by Crippen LogP contribution is -2.11. The standard InChI is InChI=1S/C78H62N4/c1-7-23-51(24-8-1)53-43-47-59(48-44-53)79(57-31-15-5-16-32-57)65-39-21-41-67-71(65)61-35-19-37-63-73-70(56-29-13-4-14-30-56)78-74(69(55-27-11-3-12-28-55)77(73)81(67)75(61)63)64-38-20-36-62-72-66(40-22-42-68(72)82(78)76(62)64)80(58-33-17-6-18-34-58)60-49-45-54(46-50-60)52-25-9-2-10-26-52/h3-6,11-22,27-52H,1-2,7-10,23-26H2/i5D,6D,15D,16D,17D,18D,31D,32D,33D,34D. The molecule has 2 aliphatic rings. The molecule has 2 aliphatic carbocycles. The molecule has 4 heteroatoms. The molecule has 0 bridgehead atoms. The highest BCUT2D eigenvalue weighted by Crippen LogP contribution is 2.56. The van der Waals surface area contributed by atoms with E-state index in [-0.39, 0.29) is 35.5 Å². The minimum Gasteiger partial charge on any atom is -0.310 e. The lowest BCUT2D eigenvalue weighted by molar-refractivity contribution is 0.443. The Hall–Kier alpha value is -9.38. The first-order chi connectivity index (χ1) is 44.9. The van der Waals surface area contributed by atoms with Crippen LogP contribution in [0.4, 0.5) is 34.1 Å². The highest BCUT2D eigenvalue weighted by atomic mass is 15.2. The molecule has 82 heavy (non-hydrogen) atoms. The van der Waals surface area contributed by atoms with Gasteiger partial charge in [0.25, 0.3) is 0 Å². The molecule has 17 rings (SSSR count). The number of hydrogen-bond donors (Lipinski definition) is 0. The van der Waals surface area contributed by atoms with E-state index < -0.39 is 36.3 Å². The van der Waals surface area contributed by atoms with Gasteiger partial charge in [-0.05, 0) is 132 Å². The second kappa shape index (κ2) is 19.1. The molecule has 2 fully saturated rings. The molecular formula is C78H62N4. The van der Waals surface area contributed by atoms with Crippen LogP contribution in [-0.4, -0.2) is 8.80 Å². The molecule has 4 nitrogen and oxygen atoms in total. The summed E-state index contributed by atoms with van der Waals surface area (Å²) in [7, 11) is 0. The van der Waals surface area contributed by atoms with Crippen LogP contribution in [0, 0.1) is 0 Å². The molecule has 0 unspecified atom stereocenters. The van der Waals surface area contributed by atoms with Crippen molar-refractivity contribution in [1.29, 1.82) is 0 Å². The topological polar surface area (TPSA) is 15.3 Å². The van der Waals surface area contributed by atoms with Gasteiger partial charge in [-0.15, -0.1) is 0 Å². The minimum absolute atomic E-state index is 0.0759. The third-order valence-corrected chi connectivity index (χ3v) is 18.5. The summed E-state index contributed by atoms with van der Waals surface area (Å²) >= 11 is 0. The van der Waals surface area contributed by atoms with Crippen molar-refractivity contribution in [1.82, 2.24) is 8.80 Å². The molecule has 2 saturated carbocycles. The highest BCUT2D eigenvalue weighted by molar-refractivity contribution is 6.39. The van der Waals surface area contributed by atoms with E-state index in [0.29, 0.717) is 34.6 Å². The lowest BCUT2D eigenvalue weighted by atomic mass is 9.84. The number of anilines is 6. The van der Waals surface area contributed by atoms with Gasteiger partial charge in [0.2, 0.25) is 0 Å². The van der Waals surface area contributed by atoms with Crippen LogP contribution in [0.3, 0.4) is 0 Å². The first-order valence-corrected chi connectivity index (χ1v) is 29.3. The Morgan fingerprint density at radius 2 is 0.683 bits per heavy atom. The Labute approximate surface area is 492 Å². The maximum absolute atomic E-state index is 9.56. The average Bonchev–Trinajstić information content (AvgIpc) is 1.52. The summed E-state index contributed by atoms with van der Waals surface area (Å²) < 4.78 is 96.5. The fourth-order valence-electron chi connectivity index (χ4n) is 15.1. The summed E-state index contributed by atoms with van der Waals surface area (Å²) in [4.78, 5) is 3.78. The van der Waals surface area contributed by atoms with Crippen molar-refractivity contribution in [2.45, 2.75) is 76.0 Å². The maximum atomic E-state index is 9.56. The summed E-state index contributed by atoms with van der Waals surface area (Å²) in [6.07, 6.45) is 11.7. The van der Waals surface area contributed by atoms with Gasteiger partial charge in [0.05, 0.1) is 58.2 Å². The maximum Gasteiger partial charge on any atom is 0.0645 e. The summed E-state index contributed by atoms with van der Waals surface area (Å²) in [5, 5.41) is 7.74. The summed E-state index contributed by atoms with van der Waals surface area (Å²) in [5.74, 6) is 0.874. The van der Waals surface area contributed by atoms with Crippen LogP contribution >= 0.6 is 0 Å². The smallest absolute Gasteiger partial charge is 0.0645 e. The molecule has 0 atom stereocenters. The first kappa shape index (κ1) is 38.3. The molecule has 4 aromatic heterocycles.